The van der Waals surface area contributed by atoms with Gasteiger partial charge in [-0.2, -0.15) is 0 Å². The van der Waals surface area contributed by atoms with Crippen LogP contribution in [0.4, 0.5) is 0 Å². The maximum Gasteiger partial charge on any atom is 0.291 e. The Kier molecular flexibility index (Phi) is 5.17. The van der Waals surface area contributed by atoms with Crippen molar-refractivity contribution in [2.75, 3.05) is 19.7 Å². The fourth-order valence-corrected chi connectivity index (χ4v) is 2.48. The molecule has 112 valence electrons. The second kappa shape index (κ2) is 6.88. The zero-order valence-corrected chi connectivity index (χ0v) is 12.6. The van der Waals surface area contributed by atoms with Gasteiger partial charge in [0.05, 0.1) is 18.4 Å². The van der Waals surface area contributed by atoms with E-state index in [2.05, 4.69) is 18.8 Å². The molecule has 5 heteroatoms. The van der Waals surface area contributed by atoms with Crippen LogP contribution in [-0.4, -0.2) is 41.6 Å². The number of nitrogens with zero attached hydrogens (tertiary/aromatic N) is 2. The second-order valence-corrected chi connectivity index (χ2v) is 5.84. The molecule has 0 bridgehead atoms. The summed E-state index contributed by atoms with van der Waals surface area (Å²) in [6, 6.07) is 0. The lowest BCUT2D eigenvalue weighted by Crippen LogP contribution is -2.45. The van der Waals surface area contributed by atoms with E-state index >= 15 is 0 Å². The highest BCUT2D eigenvalue weighted by Gasteiger charge is 2.27. The van der Waals surface area contributed by atoms with E-state index in [1.54, 1.807) is 6.92 Å². The molecule has 2 heterocycles. The monoisotopic (exact) mass is 280 g/mol. The van der Waals surface area contributed by atoms with Crippen molar-refractivity contribution in [3.63, 3.8) is 0 Å². The van der Waals surface area contributed by atoms with Gasteiger partial charge in [-0.05, 0) is 19.3 Å². The van der Waals surface area contributed by atoms with E-state index in [4.69, 9.17) is 9.15 Å². The largest absolute Gasteiger partial charge is 0.438 e. The average Bonchev–Trinajstić information content (AvgIpc) is 2.84. The van der Waals surface area contributed by atoms with Gasteiger partial charge in [-0.25, -0.2) is 4.98 Å². The molecular formula is C15H24N2O3. The van der Waals surface area contributed by atoms with Crippen LogP contribution in [0.25, 0.3) is 0 Å². The Morgan fingerprint density at radius 2 is 2.35 bits per heavy atom. The molecule has 5 nitrogen and oxygen atoms in total. The van der Waals surface area contributed by atoms with Gasteiger partial charge < -0.3 is 14.1 Å². The molecule has 0 radical (unpaired) electrons. The number of carbonyl (C=O) groups excluding carboxylic acids is 1. The molecule has 0 saturated carbocycles. The molecule has 0 aliphatic carbocycles. The Labute approximate surface area is 120 Å². The summed E-state index contributed by atoms with van der Waals surface area (Å²) in [5.74, 6) is 0.998. The van der Waals surface area contributed by atoms with Gasteiger partial charge in [0.1, 0.15) is 0 Å². The molecule has 1 aromatic rings. The van der Waals surface area contributed by atoms with Crippen molar-refractivity contribution in [2.24, 2.45) is 5.92 Å². The summed E-state index contributed by atoms with van der Waals surface area (Å²) < 4.78 is 10.9. The first-order valence-corrected chi connectivity index (χ1v) is 7.39. The Morgan fingerprint density at radius 1 is 1.55 bits per heavy atom. The predicted molar refractivity (Wildman–Crippen MR) is 75.6 cm³/mol. The molecule has 1 aliphatic rings. The van der Waals surface area contributed by atoms with Gasteiger partial charge in [0.2, 0.25) is 5.76 Å². The lowest BCUT2D eigenvalue weighted by Gasteiger charge is -2.32. The number of oxazole rings is 1. The highest BCUT2D eigenvalue weighted by Crippen LogP contribution is 2.17. The first-order valence-electron chi connectivity index (χ1n) is 7.39. The van der Waals surface area contributed by atoms with Gasteiger partial charge >= 0.3 is 0 Å². The number of morpholine rings is 1. The fraction of sp³-hybridized carbons (Fsp3) is 0.733. The van der Waals surface area contributed by atoms with E-state index in [0.29, 0.717) is 37.1 Å². The second-order valence-electron chi connectivity index (χ2n) is 5.84. The van der Waals surface area contributed by atoms with E-state index in [1.165, 1.54) is 12.8 Å². The lowest BCUT2D eigenvalue weighted by atomic mass is 10.0. The normalized spacial score (nSPS) is 19.6. The minimum atomic E-state index is -0.0721. The highest BCUT2D eigenvalue weighted by molar-refractivity contribution is 5.92. The van der Waals surface area contributed by atoms with Gasteiger partial charge in [-0.15, -0.1) is 0 Å². The molecule has 0 spiro atoms. The van der Waals surface area contributed by atoms with Crippen molar-refractivity contribution >= 4 is 5.91 Å². The number of aromatic nitrogens is 1. The zero-order valence-electron chi connectivity index (χ0n) is 12.6. The van der Waals surface area contributed by atoms with Crippen molar-refractivity contribution < 1.29 is 13.9 Å². The molecule has 1 atom stereocenters. The third-order valence-electron chi connectivity index (χ3n) is 3.67. The first-order chi connectivity index (χ1) is 9.58. The van der Waals surface area contributed by atoms with Crippen LogP contribution in [0, 0.1) is 12.8 Å². The molecule has 1 aliphatic heterocycles. The van der Waals surface area contributed by atoms with E-state index < -0.39 is 0 Å². The van der Waals surface area contributed by atoms with Crippen LogP contribution >= 0.6 is 0 Å². The van der Waals surface area contributed by atoms with Crippen LogP contribution in [0.5, 0.6) is 0 Å². The van der Waals surface area contributed by atoms with E-state index in [0.717, 1.165) is 12.8 Å². The highest BCUT2D eigenvalue weighted by atomic mass is 16.5. The zero-order chi connectivity index (χ0) is 14.5. The molecular weight excluding hydrogens is 256 g/mol. The predicted octanol–water partition coefficient (Wildman–Crippen LogP) is 2.65. The van der Waals surface area contributed by atoms with Crippen LogP contribution in [0.1, 0.15) is 49.4 Å². The maximum absolute atomic E-state index is 12.3. The summed E-state index contributed by atoms with van der Waals surface area (Å²) in [6.45, 7) is 8.12. The summed E-state index contributed by atoms with van der Waals surface area (Å²) >= 11 is 0. The van der Waals surface area contributed by atoms with E-state index in [-0.39, 0.29) is 12.0 Å². The van der Waals surface area contributed by atoms with Crippen molar-refractivity contribution in [3.05, 3.63) is 17.8 Å². The van der Waals surface area contributed by atoms with Crippen molar-refractivity contribution in [2.45, 2.75) is 46.1 Å². The minimum Gasteiger partial charge on any atom is -0.438 e. The average molecular weight is 280 g/mol. The summed E-state index contributed by atoms with van der Waals surface area (Å²) in [5.41, 5.74) is 0.651. The third-order valence-corrected chi connectivity index (χ3v) is 3.67. The van der Waals surface area contributed by atoms with Crippen molar-refractivity contribution in [1.82, 2.24) is 9.88 Å². The van der Waals surface area contributed by atoms with Crippen LogP contribution < -0.4 is 0 Å². The maximum atomic E-state index is 12.3. The molecule has 1 fully saturated rings. The van der Waals surface area contributed by atoms with Crippen molar-refractivity contribution in [1.29, 1.82) is 0 Å². The van der Waals surface area contributed by atoms with E-state index in [1.807, 2.05) is 4.90 Å². The van der Waals surface area contributed by atoms with Gasteiger partial charge in [0.25, 0.3) is 5.91 Å². The molecule has 2 rings (SSSR count). The number of carbonyl (C=O) groups is 1. The molecule has 20 heavy (non-hydrogen) atoms. The van der Waals surface area contributed by atoms with Gasteiger partial charge in [0, 0.05) is 13.1 Å². The molecule has 1 amide bonds. The molecule has 1 saturated heterocycles. The topological polar surface area (TPSA) is 55.6 Å². The summed E-state index contributed by atoms with van der Waals surface area (Å²) in [4.78, 5) is 18.1. The number of ether oxygens (including phenoxy) is 1. The van der Waals surface area contributed by atoms with Crippen LogP contribution in [0.2, 0.25) is 0 Å². The number of aryl methyl sites for hydroxylation is 1. The molecule has 0 unspecified atom stereocenters. The summed E-state index contributed by atoms with van der Waals surface area (Å²) in [6.07, 6.45) is 4.83. The Balaban J connectivity index is 1.87. The quantitative estimate of drug-likeness (QED) is 0.832. The number of rotatable bonds is 5. The number of amides is 1. The number of hydrogen-bond donors (Lipinski definition) is 0. The van der Waals surface area contributed by atoms with Gasteiger partial charge in [0.15, 0.2) is 6.39 Å². The fourth-order valence-electron chi connectivity index (χ4n) is 2.48. The number of hydrogen-bond acceptors (Lipinski definition) is 4. The SMILES string of the molecule is Cc1ncoc1C(=O)N1CCO[C@@H](CCCC(C)C)C1. The van der Waals surface area contributed by atoms with Gasteiger partial charge in [-0.1, -0.05) is 26.7 Å². The minimum absolute atomic E-state index is 0.0721. The van der Waals surface area contributed by atoms with Crippen molar-refractivity contribution in [3.8, 4) is 0 Å². The lowest BCUT2D eigenvalue weighted by molar-refractivity contribution is -0.0269. The summed E-state index contributed by atoms with van der Waals surface area (Å²) in [7, 11) is 0. The third kappa shape index (κ3) is 3.82. The first kappa shape index (κ1) is 15.0. The van der Waals surface area contributed by atoms with Crippen LogP contribution in [0.3, 0.4) is 0 Å². The molecule has 0 N–H and O–H groups in total. The van der Waals surface area contributed by atoms with Crippen LogP contribution in [0.15, 0.2) is 10.8 Å². The Bertz CT molecular complexity index is 442. The Morgan fingerprint density at radius 3 is 3.00 bits per heavy atom. The standard InChI is InChI=1S/C15H24N2O3/c1-11(2)5-4-6-13-9-17(7-8-19-13)15(18)14-12(3)16-10-20-14/h10-11,13H,4-9H2,1-3H3/t13-/m0/s1. The van der Waals surface area contributed by atoms with E-state index in [9.17, 15) is 4.79 Å². The molecule has 0 aromatic carbocycles. The van der Waals surface area contributed by atoms with Crippen LogP contribution in [-0.2, 0) is 4.74 Å². The van der Waals surface area contributed by atoms with Gasteiger partial charge in [-0.3, -0.25) is 4.79 Å². The smallest absolute Gasteiger partial charge is 0.291 e. The summed E-state index contributed by atoms with van der Waals surface area (Å²) in [5, 5.41) is 0. The molecule has 1 aromatic heterocycles. The Hall–Kier alpha value is -1.36.